The van der Waals surface area contributed by atoms with Crippen molar-refractivity contribution in [1.29, 1.82) is 0 Å². The first-order valence-corrected chi connectivity index (χ1v) is 10.1. The number of allylic oxidation sites excluding steroid dienone is 1. The molecule has 0 N–H and O–H groups in total. The van der Waals surface area contributed by atoms with Crippen LogP contribution in [0.25, 0.3) is 0 Å². The summed E-state index contributed by atoms with van der Waals surface area (Å²) < 4.78 is 5.19. The quantitative estimate of drug-likeness (QED) is 0.443. The van der Waals surface area contributed by atoms with Crippen molar-refractivity contribution in [2.24, 2.45) is 5.92 Å². The van der Waals surface area contributed by atoms with Crippen molar-refractivity contribution in [3.63, 3.8) is 0 Å². The van der Waals surface area contributed by atoms with E-state index in [2.05, 4.69) is 13.5 Å². The first-order chi connectivity index (χ1) is 12.1. The maximum absolute atomic E-state index is 12.9. The van der Waals surface area contributed by atoms with E-state index in [-0.39, 0.29) is 23.6 Å². The minimum Gasteiger partial charge on any atom is -0.453 e. The Bertz CT molecular complexity index is 476. The molecule has 2 fully saturated rings. The Hall–Kier alpha value is -1.32. The number of nitrogens with zero attached hydrogens (tertiary/aromatic N) is 1. The van der Waals surface area contributed by atoms with Gasteiger partial charge in [0.25, 0.3) is 0 Å². The number of ketones is 1. The van der Waals surface area contributed by atoms with Crippen molar-refractivity contribution in [1.82, 2.24) is 4.90 Å². The zero-order valence-corrected chi connectivity index (χ0v) is 16.1. The standard InChI is InChI=1S/C21H35NO3/c1-4-6-8-9-12-17-16-19(23)18-13-10-11-15-21(18,14-7-5-2)22(17)20(24)25-3/h5,17-18H,2,4,6-16H2,1,3H3/t17-,18-,21-/m0/s1. The van der Waals surface area contributed by atoms with Crippen LogP contribution in [0.5, 0.6) is 0 Å². The number of rotatable bonds is 8. The molecule has 0 aromatic carbocycles. The average Bonchev–Trinajstić information content (AvgIpc) is 2.63. The summed E-state index contributed by atoms with van der Waals surface area (Å²) >= 11 is 0. The number of fused-ring (bicyclic) bond motifs is 1. The van der Waals surface area contributed by atoms with Gasteiger partial charge in [0.05, 0.1) is 12.6 Å². The Morgan fingerprint density at radius 2 is 2.16 bits per heavy atom. The first kappa shape index (κ1) is 20.0. The maximum atomic E-state index is 12.9. The predicted octanol–water partition coefficient (Wildman–Crippen LogP) is 5.26. The molecule has 1 aliphatic heterocycles. The van der Waals surface area contributed by atoms with E-state index in [4.69, 9.17) is 4.74 Å². The molecule has 25 heavy (non-hydrogen) atoms. The Morgan fingerprint density at radius 3 is 2.84 bits per heavy atom. The second-order valence-corrected chi connectivity index (χ2v) is 7.74. The minimum absolute atomic E-state index is 0.00373. The van der Waals surface area contributed by atoms with E-state index in [0.29, 0.717) is 12.2 Å². The van der Waals surface area contributed by atoms with Gasteiger partial charge in [-0.3, -0.25) is 9.69 Å². The molecule has 4 heteroatoms. The van der Waals surface area contributed by atoms with Gasteiger partial charge in [0.2, 0.25) is 0 Å². The highest BCUT2D eigenvalue weighted by molar-refractivity contribution is 5.86. The number of piperidine rings is 1. The molecule has 1 amide bonds. The van der Waals surface area contributed by atoms with Crippen LogP contribution >= 0.6 is 0 Å². The van der Waals surface area contributed by atoms with E-state index in [0.717, 1.165) is 51.4 Å². The predicted molar refractivity (Wildman–Crippen MR) is 101 cm³/mol. The average molecular weight is 350 g/mol. The van der Waals surface area contributed by atoms with Gasteiger partial charge in [-0.1, -0.05) is 51.5 Å². The number of unbranched alkanes of at least 4 members (excludes halogenated alkanes) is 3. The number of Topliss-reactive ketones (excluding diaryl/α,β-unsaturated/α-hetero) is 1. The van der Waals surface area contributed by atoms with Gasteiger partial charge >= 0.3 is 6.09 Å². The van der Waals surface area contributed by atoms with Crippen molar-refractivity contribution < 1.29 is 14.3 Å². The van der Waals surface area contributed by atoms with Crippen LogP contribution in [0.2, 0.25) is 0 Å². The van der Waals surface area contributed by atoms with Gasteiger partial charge < -0.3 is 4.74 Å². The number of carbonyl (C=O) groups is 2. The highest BCUT2D eigenvalue weighted by Crippen LogP contribution is 2.48. The molecule has 4 nitrogen and oxygen atoms in total. The Labute approximate surface area is 153 Å². The molecule has 2 aliphatic rings. The molecule has 142 valence electrons. The molecule has 0 radical (unpaired) electrons. The number of hydrogen-bond donors (Lipinski definition) is 0. The van der Waals surface area contributed by atoms with Crippen molar-refractivity contribution >= 4 is 11.9 Å². The van der Waals surface area contributed by atoms with Crippen molar-refractivity contribution in [3.05, 3.63) is 12.7 Å². The third-order valence-electron chi connectivity index (χ3n) is 6.22. The zero-order valence-electron chi connectivity index (χ0n) is 16.1. The van der Waals surface area contributed by atoms with Crippen LogP contribution < -0.4 is 0 Å². The van der Waals surface area contributed by atoms with Crippen LogP contribution in [-0.4, -0.2) is 35.5 Å². The summed E-state index contributed by atoms with van der Waals surface area (Å²) in [7, 11) is 1.46. The monoisotopic (exact) mass is 349 g/mol. The van der Waals surface area contributed by atoms with E-state index in [9.17, 15) is 9.59 Å². The normalized spacial score (nSPS) is 29.2. The highest BCUT2D eigenvalue weighted by atomic mass is 16.5. The lowest BCUT2D eigenvalue weighted by molar-refractivity contribution is -0.142. The molecule has 1 saturated carbocycles. The summed E-state index contributed by atoms with van der Waals surface area (Å²) in [5.74, 6) is 0.344. The minimum atomic E-state index is -0.357. The summed E-state index contributed by atoms with van der Waals surface area (Å²) in [6.45, 7) is 6.05. The van der Waals surface area contributed by atoms with E-state index in [1.165, 1.54) is 26.4 Å². The number of amides is 1. The van der Waals surface area contributed by atoms with Crippen molar-refractivity contribution in [3.8, 4) is 0 Å². The molecule has 2 rings (SSSR count). The fourth-order valence-corrected chi connectivity index (χ4v) is 5.04. The summed E-state index contributed by atoms with van der Waals surface area (Å²) in [6.07, 6.45) is 13.4. The number of hydrogen-bond acceptors (Lipinski definition) is 3. The second-order valence-electron chi connectivity index (χ2n) is 7.74. The second kappa shape index (κ2) is 9.40. The third kappa shape index (κ3) is 4.27. The molecule has 0 aromatic heterocycles. The molecule has 3 atom stereocenters. The van der Waals surface area contributed by atoms with Crippen LogP contribution in [-0.2, 0) is 9.53 Å². The molecule has 0 spiro atoms. The van der Waals surface area contributed by atoms with Gasteiger partial charge in [0, 0.05) is 18.4 Å². The fraction of sp³-hybridized carbons (Fsp3) is 0.810. The van der Waals surface area contributed by atoms with Crippen LogP contribution in [0.1, 0.15) is 84.0 Å². The molecule has 0 bridgehead atoms. The van der Waals surface area contributed by atoms with Gasteiger partial charge in [-0.2, -0.15) is 0 Å². The highest BCUT2D eigenvalue weighted by Gasteiger charge is 2.55. The van der Waals surface area contributed by atoms with E-state index >= 15 is 0 Å². The van der Waals surface area contributed by atoms with Gasteiger partial charge in [-0.25, -0.2) is 4.79 Å². The summed E-state index contributed by atoms with van der Waals surface area (Å²) in [5.41, 5.74) is -0.357. The lowest BCUT2D eigenvalue weighted by Crippen LogP contribution is -2.66. The summed E-state index contributed by atoms with van der Waals surface area (Å²) in [5, 5.41) is 0. The third-order valence-corrected chi connectivity index (χ3v) is 6.22. The van der Waals surface area contributed by atoms with E-state index < -0.39 is 0 Å². The largest absolute Gasteiger partial charge is 0.453 e. The van der Waals surface area contributed by atoms with E-state index in [1.54, 1.807) is 0 Å². The SMILES string of the molecule is C=CCC[C@]12CCCC[C@H]1C(=O)C[C@H](CCCCCC)N2C(=O)OC. The van der Waals surface area contributed by atoms with Crippen LogP contribution in [0.3, 0.4) is 0 Å². The van der Waals surface area contributed by atoms with Crippen molar-refractivity contribution in [2.75, 3.05) is 7.11 Å². The van der Waals surface area contributed by atoms with Gasteiger partial charge in [-0.05, 0) is 32.1 Å². The number of likely N-dealkylation sites (tertiary alicyclic amines) is 1. The topological polar surface area (TPSA) is 46.6 Å². The van der Waals surface area contributed by atoms with Crippen LogP contribution in [0, 0.1) is 5.92 Å². The molecule has 1 heterocycles. The number of carbonyl (C=O) groups excluding carboxylic acids is 2. The Kier molecular flexibility index (Phi) is 7.52. The lowest BCUT2D eigenvalue weighted by Gasteiger charge is -2.56. The Morgan fingerprint density at radius 1 is 1.36 bits per heavy atom. The van der Waals surface area contributed by atoms with Gasteiger partial charge in [0.1, 0.15) is 5.78 Å². The number of methoxy groups -OCH3 is 1. The summed E-state index contributed by atoms with van der Waals surface area (Å²) in [6, 6.07) is -0.00373. The van der Waals surface area contributed by atoms with Gasteiger partial charge in [0.15, 0.2) is 0 Å². The lowest BCUT2D eigenvalue weighted by atomic mass is 9.63. The molecule has 1 saturated heterocycles. The zero-order chi connectivity index (χ0) is 18.3. The smallest absolute Gasteiger partial charge is 0.410 e. The Balaban J connectivity index is 2.29. The summed E-state index contributed by atoms with van der Waals surface area (Å²) in [4.78, 5) is 27.7. The first-order valence-electron chi connectivity index (χ1n) is 10.1. The molecular weight excluding hydrogens is 314 g/mol. The van der Waals surface area contributed by atoms with E-state index in [1.807, 2.05) is 11.0 Å². The number of ether oxygens (including phenoxy) is 1. The van der Waals surface area contributed by atoms with Gasteiger partial charge in [-0.15, -0.1) is 6.58 Å². The fourth-order valence-electron chi connectivity index (χ4n) is 5.04. The molecule has 0 unspecified atom stereocenters. The maximum Gasteiger partial charge on any atom is 0.410 e. The van der Waals surface area contributed by atoms with Crippen molar-refractivity contribution in [2.45, 2.75) is 95.6 Å². The van der Waals surface area contributed by atoms with Crippen LogP contribution in [0.4, 0.5) is 4.79 Å². The molecule has 0 aromatic rings. The molecular formula is C21H35NO3. The molecule has 1 aliphatic carbocycles. The van der Waals surface area contributed by atoms with Crippen LogP contribution in [0.15, 0.2) is 12.7 Å².